The number of hydrogen-bond donors (Lipinski definition) is 1. The van der Waals surface area contributed by atoms with E-state index in [2.05, 4.69) is 31.2 Å². The smallest absolute Gasteiger partial charge is 0.244 e. The average molecular weight is 489 g/mol. The molecule has 0 saturated carbocycles. The lowest BCUT2D eigenvalue weighted by molar-refractivity contribution is -0.116. The van der Waals surface area contributed by atoms with E-state index in [1.54, 1.807) is 10.8 Å². The second kappa shape index (κ2) is 9.90. The fraction of sp³-hybridized carbons (Fsp3) is 0.238. The van der Waals surface area contributed by atoms with Crippen LogP contribution in [-0.2, 0) is 17.1 Å². The van der Waals surface area contributed by atoms with Crippen LogP contribution in [0.5, 0.6) is 5.75 Å². The number of nitrogens with zero attached hydrogens (tertiary/aromatic N) is 3. The maximum absolute atomic E-state index is 12.6. The molecule has 0 atom stereocenters. The molecule has 0 aliphatic rings. The van der Waals surface area contributed by atoms with Gasteiger partial charge in [0.1, 0.15) is 6.54 Å². The number of carbonyl (C=O) groups is 1. The zero-order chi connectivity index (χ0) is 21.7. The van der Waals surface area contributed by atoms with E-state index < -0.39 is 0 Å². The Morgan fingerprint density at radius 3 is 2.47 bits per heavy atom. The lowest BCUT2D eigenvalue weighted by Crippen LogP contribution is -2.22. The highest BCUT2D eigenvalue weighted by Crippen LogP contribution is 2.21. The Balaban J connectivity index is 1.80. The average Bonchev–Trinajstić information content (AvgIpc) is 2.69. The first-order valence-electron chi connectivity index (χ1n) is 9.12. The number of amides is 1. The van der Waals surface area contributed by atoms with E-state index in [1.165, 1.54) is 24.9 Å². The lowest BCUT2D eigenvalue weighted by Gasteiger charge is -2.15. The molecule has 3 rings (SSSR count). The van der Waals surface area contributed by atoms with Gasteiger partial charge >= 0.3 is 0 Å². The lowest BCUT2D eigenvalue weighted by atomic mass is 10.3. The molecule has 1 aromatic carbocycles. The van der Waals surface area contributed by atoms with Crippen LogP contribution in [-0.4, -0.2) is 27.6 Å². The van der Waals surface area contributed by atoms with Crippen molar-refractivity contribution in [3.8, 4) is 5.75 Å². The van der Waals surface area contributed by atoms with E-state index >= 15 is 0 Å². The number of thioether (sulfide) groups is 1. The first kappa shape index (κ1) is 22.0. The largest absolute Gasteiger partial charge is 0.491 e. The zero-order valence-electron chi connectivity index (χ0n) is 16.8. The van der Waals surface area contributed by atoms with Gasteiger partial charge in [-0.1, -0.05) is 27.7 Å². The minimum atomic E-state index is -0.237. The van der Waals surface area contributed by atoms with Gasteiger partial charge < -0.3 is 14.6 Å². The number of hydrogen-bond acceptors (Lipinski definition) is 6. The molecular formula is C21H21BrN4O3S. The van der Waals surface area contributed by atoms with Crippen molar-refractivity contribution in [3.05, 3.63) is 74.4 Å². The molecule has 30 heavy (non-hydrogen) atoms. The number of nitrogens with one attached hydrogen (secondary N) is 1. The number of aromatic nitrogens is 3. The normalized spacial score (nSPS) is 10.7. The summed E-state index contributed by atoms with van der Waals surface area (Å²) in [6, 6.07) is 10.7. The third kappa shape index (κ3) is 5.93. The summed E-state index contributed by atoms with van der Waals surface area (Å²) >= 11 is 4.78. The molecule has 2 aromatic heterocycles. The Kier molecular flexibility index (Phi) is 7.28. The van der Waals surface area contributed by atoms with Gasteiger partial charge in [0.05, 0.1) is 13.3 Å². The van der Waals surface area contributed by atoms with Crippen LogP contribution in [0.3, 0.4) is 0 Å². The quantitative estimate of drug-likeness (QED) is 0.400. The van der Waals surface area contributed by atoms with Gasteiger partial charge in [-0.15, -0.1) is 0 Å². The van der Waals surface area contributed by atoms with Crippen LogP contribution in [0.4, 0.5) is 5.69 Å². The van der Waals surface area contributed by atoms with Crippen LogP contribution >= 0.6 is 27.7 Å². The fourth-order valence-electron chi connectivity index (χ4n) is 2.80. The summed E-state index contributed by atoms with van der Waals surface area (Å²) in [4.78, 5) is 33.7. The molecule has 0 saturated heterocycles. The predicted molar refractivity (Wildman–Crippen MR) is 121 cm³/mol. The van der Waals surface area contributed by atoms with Crippen LogP contribution in [0.25, 0.3) is 0 Å². The second-order valence-electron chi connectivity index (χ2n) is 6.60. The van der Waals surface area contributed by atoms with E-state index in [0.717, 1.165) is 15.9 Å². The number of carbonyl (C=O) groups excluding carboxylic acids is 1. The van der Waals surface area contributed by atoms with Gasteiger partial charge in [0.25, 0.3) is 0 Å². The highest BCUT2D eigenvalue weighted by atomic mass is 79.9. The van der Waals surface area contributed by atoms with E-state index in [0.29, 0.717) is 22.3 Å². The Bertz CT molecular complexity index is 1100. The van der Waals surface area contributed by atoms with Crippen molar-refractivity contribution in [2.45, 2.75) is 31.3 Å². The summed E-state index contributed by atoms with van der Waals surface area (Å²) in [5.41, 5.74) is 2.89. The SMILES string of the molecule is COc1cn(CC(=O)Nc2ccc(Br)cc2)c(CSc2nc(C)cc(C)n2)cc1=O. The first-order valence-corrected chi connectivity index (χ1v) is 10.9. The van der Waals surface area contributed by atoms with Crippen molar-refractivity contribution >= 4 is 39.3 Å². The minimum absolute atomic E-state index is 0.0380. The molecular weight excluding hydrogens is 468 g/mol. The fourth-order valence-corrected chi connectivity index (χ4v) is 4.01. The van der Waals surface area contributed by atoms with Gasteiger partial charge in [0.15, 0.2) is 10.9 Å². The molecule has 9 heteroatoms. The maximum atomic E-state index is 12.6. The van der Waals surface area contributed by atoms with E-state index in [1.807, 2.05) is 44.2 Å². The summed E-state index contributed by atoms with van der Waals surface area (Å²) in [5.74, 6) is 0.410. The number of rotatable bonds is 7. The molecule has 7 nitrogen and oxygen atoms in total. The van der Waals surface area contributed by atoms with E-state index in [4.69, 9.17) is 4.74 Å². The second-order valence-corrected chi connectivity index (χ2v) is 8.46. The number of ether oxygens (including phenoxy) is 1. The summed E-state index contributed by atoms with van der Waals surface area (Å²) in [7, 11) is 1.43. The summed E-state index contributed by atoms with van der Waals surface area (Å²) in [6.07, 6.45) is 1.56. The van der Waals surface area contributed by atoms with Crippen LogP contribution in [0.1, 0.15) is 17.1 Å². The molecule has 2 heterocycles. The minimum Gasteiger partial charge on any atom is -0.491 e. The zero-order valence-corrected chi connectivity index (χ0v) is 19.2. The number of benzene rings is 1. The van der Waals surface area contributed by atoms with E-state index in [-0.39, 0.29) is 23.6 Å². The molecule has 0 aliphatic carbocycles. The van der Waals surface area contributed by atoms with Gasteiger partial charge in [-0.2, -0.15) is 0 Å². The van der Waals surface area contributed by atoms with Gasteiger partial charge in [-0.05, 0) is 44.2 Å². The molecule has 0 fully saturated rings. The topological polar surface area (TPSA) is 86.1 Å². The number of anilines is 1. The highest BCUT2D eigenvalue weighted by Gasteiger charge is 2.12. The standard InChI is InChI=1S/C21H21BrN4O3S/c1-13-8-14(2)24-21(23-13)30-12-17-9-18(27)19(29-3)10-26(17)11-20(28)25-16-6-4-15(22)5-7-16/h4-10H,11-12H2,1-3H3,(H,25,28). The van der Waals surface area contributed by atoms with Gasteiger partial charge in [0, 0.05) is 39.1 Å². The summed E-state index contributed by atoms with van der Waals surface area (Å²) in [6.45, 7) is 3.86. The van der Waals surface area contributed by atoms with Crippen molar-refractivity contribution in [1.29, 1.82) is 0 Å². The van der Waals surface area contributed by atoms with Crippen LogP contribution in [0, 0.1) is 13.8 Å². The summed E-state index contributed by atoms with van der Waals surface area (Å²) in [5, 5.41) is 3.48. The molecule has 0 spiro atoms. The van der Waals surface area contributed by atoms with Gasteiger partial charge in [0.2, 0.25) is 11.3 Å². The molecule has 0 bridgehead atoms. The number of halogens is 1. The number of pyridine rings is 1. The van der Waals surface area contributed by atoms with Crippen molar-refractivity contribution in [1.82, 2.24) is 14.5 Å². The van der Waals surface area contributed by atoms with Gasteiger partial charge in [-0.25, -0.2) is 9.97 Å². The number of aryl methyl sites for hydroxylation is 2. The van der Waals surface area contributed by atoms with Crippen molar-refractivity contribution in [3.63, 3.8) is 0 Å². The Hall–Kier alpha value is -2.65. The Morgan fingerprint density at radius 2 is 1.83 bits per heavy atom. The first-order chi connectivity index (χ1) is 14.3. The summed E-state index contributed by atoms with van der Waals surface area (Å²) < 4.78 is 7.79. The van der Waals surface area contributed by atoms with Crippen LogP contribution in [0.15, 0.2) is 57.0 Å². The number of methoxy groups -OCH3 is 1. The van der Waals surface area contributed by atoms with E-state index in [9.17, 15) is 9.59 Å². The monoisotopic (exact) mass is 488 g/mol. The highest BCUT2D eigenvalue weighted by molar-refractivity contribution is 9.10. The van der Waals surface area contributed by atoms with Crippen molar-refractivity contribution in [2.75, 3.05) is 12.4 Å². The van der Waals surface area contributed by atoms with Gasteiger partial charge in [-0.3, -0.25) is 9.59 Å². The molecule has 3 aromatic rings. The third-order valence-electron chi connectivity index (χ3n) is 4.16. The van der Waals surface area contributed by atoms with Crippen LogP contribution in [0.2, 0.25) is 0 Å². The predicted octanol–water partition coefficient (Wildman–Crippen LogP) is 3.96. The molecule has 0 unspecified atom stereocenters. The molecule has 0 radical (unpaired) electrons. The molecule has 156 valence electrons. The third-order valence-corrected chi connectivity index (χ3v) is 5.56. The maximum Gasteiger partial charge on any atom is 0.244 e. The Labute approximate surface area is 187 Å². The molecule has 0 aliphatic heterocycles. The molecule has 1 amide bonds. The van der Waals surface area contributed by atoms with Crippen LogP contribution < -0.4 is 15.5 Å². The van der Waals surface area contributed by atoms with Crippen molar-refractivity contribution in [2.24, 2.45) is 0 Å². The van der Waals surface area contributed by atoms with Crippen molar-refractivity contribution < 1.29 is 9.53 Å². The Morgan fingerprint density at radius 1 is 1.17 bits per heavy atom. The molecule has 1 N–H and O–H groups in total.